The van der Waals surface area contributed by atoms with Crippen molar-refractivity contribution >= 4 is 21.7 Å². The summed E-state index contributed by atoms with van der Waals surface area (Å²) in [6.45, 7) is 0. The van der Waals surface area contributed by atoms with Gasteiger partial charge >= 0.3 is 0 Å². The summed E-state index contributed by atoms with van der Waals surface area (Å²) in [4.78, 5) is 9.37. The van der Waals surface area contributed by atoms with Crippen molar-refractivity contribution in [2.45, 2.75) is 0 Å². The van der Waals surface area contributed by atoms with Gasteiger partial charge in [0.25, 0.3) is 0 Å². The highest BCUT2D eigenvalue weighted by atomic mass is 32.1. The summed E-state index contributed by atoms with van der Waals surface area (Å²) in [6.07, 6.45) is 1.70. The molecule has 3 rings (SSSR count). The van der Waals surface area contributed by atoms with Gasteiger partial charge in [-0.3, -0.25) is 0 Å². The van der Waals surface area contributed by atoms with E-state index >= 15 is 0 Å². The molecule has 0 aliphatic heterocycles. The average Bonchev–Trinajstić information content (AvgIpc) is 2.76. The zero-order valence-corrected chi connectivity index (χ0v) is 9.48. The van der Waals surface area contributed by atoms with Crippen molar-refractivity contribution in [3.63, 3.8) is 0 Å². The van der Waals surface area contributed by atoms with E-state index in [1.807, 2.05) is 12.1 Å². The van der Waals surface area contributed by atoms with Crippen molar-refractivity contribution in [1.29, 1.82) is 0 Å². The number of aromatic hydroxyl groups is 2. The van der Waals surface area contributed by atoms with Gasteiger partial charge in [-0.2, -0.15) is 0 Å². The van der Waals surface area contributed by atoms with Crippen LogP contribution in [0.1, 0.15) is 0 Å². The summed E-state index contributed by atoms with van der Waals surface area (Å²) in [5, 5.41) is 19.9. The Morgan fingerprint density at radius 3 is 2.76 bits per heavy atom. The van der Waals surface area contributed by atoms with Crippen LogP contribution in [0.5, 0.6) is 11.5 Å². The third-order valence-corrected chi connectivity index (χ3v) is 3.42. The van der Waals surface area contributed by atoms with Gasteiger partial charge in [-0.15, -0.1) is 0 Å². The molecule has 0 fully saturated rings. The van der Waals surface area contributed by atoms with Gasteiger partial charge in [0.15, 0.2) is 11.5 Å². The highest BCUT2D eigenvalue weighted by Crippen LogP contribution is 2.38. The Morgan fingerprint density at radius 2 is 1.94 bits per heavy atom. The lowest BCUT2D eigenvalue weighted by Gasteiger charge is -2.01. The molecule has 17 heavy (non-hydrogen) atoms. The van der Waals surface area contributed by atoms with Crippen LogP contribution in [-0.4, -0.2) is 20.2 Å². The van der Waals surface area contributed by atoms with E-state index in [1.54, 1.807) is 18.3 Å². The first-order chi connectivity index (χ1) is 8.25. The molecule has 2 heterocycles. The fourth-order valence-electron chi connectivity index (χ4n) is 1.59. The van der Waals surface area contributed by atoms with Gasteiger partial charge in [0.1, 0.15) is 15.4 Å². The molecule has 0 radical (unpaired) electrons. The molecule has 0 atom stereocenters. The van der Waals surface area contributed by atoms with E-state index in [9.17, 15) is 10.2 Å². The van der Waals surface area contributed by atoms with Gasteiger partial charge in [0, 0.05) is 6.20 Å². The number of para-hydroxylation sites is 1. The van der Waals surface area contributed by atoms with E-state index in [-0.39, 0.29) is 11.5 Å². The summed E-state index contributed by atoms with van der Waals surface area (Å²) in [5.41, 5.74) is 1.31. The number of benzene rings is 1. The number of phenolic OH excluding ortho intramolecular Hbond substituents is 2. The maximum atomic E-state index is 9.77. The molecule has 0 aliphatic carbocycles. The number of nitrogens with zero attached hydrogens (tertiary/aromatic N) is 2. The SMILES string of the molecule is Oc1cccc(-c2nc3cccnc3s2)c1O. The predicted molar refractivity (Wildman–Crippen MR) is 66.2 cm³/mol. The second-order valence-electron chi connectivity index (χ2n) is 3.52. The van der Waals surface area contributed by atoms with E-state index < -0.39 is 0 Å². The van der Waals surface area contributed by atoms with Crippen LogP contribution < -0.4 is 0 Å². The van der Waals surface area contributed by atoms with Crippen molar-refractivity contribution in [1.82, 2.24) is 9.97 Å². The first-order valence-electron chi connectivity index (χ1n) is 4.98. The Balaban J connectivity index is 2.24. The van der Waals surface area contributed by atoms with Gasteiger partial charge in [0.2, 0.25) is 0 Å². The first-order valence-corrected chi connectivity index (χ1v) is 5.80. The van der Waals surface area contributed by atoms with Crippen molar-refractivity contribution in [3.05, 3.63) is 36.5 Å². The summed E-state index contributed by atoms with van der Waals surface area (Å²) < 4.78 is 0. The predicted octanol–water partition coefficient (Wildman–Crippen LogP) is 2.77. The molecule has 0 saturated carbocycles. The molecule has 0 amide bonds. The van der Waals surface area contributed by atoms with Gasteiger partial charge in [0.05, 0.1) is 5.56 Å². The smallest absolute Gasteiger partial charge is 0.167 e. The maximum absolute atomic E-state index is 9.77. The first kappa shape index (κ1) is 10.0. The number of pyridine rings is 1. The van der Waals surface area contributed by atoms with Crippen LogP contribution >= 0.6 is 11.3 Å². The summed E-state index contributed by atoms with van der Waals surface area (Å²) in [5.74, 6) is -0.290. The van der Waals surface area contributed by atoms with Crippen molar-refractivity contribution in [2.24, 2.45) is 0 Å². The lowest BCUT2D eigenvalue weighted by molar-refractivity contribution is 0.405. The van der Waals surface area contributed by atoms with Crippen LogP contribution in [0.3, 0.4) is 0 Å². The highest BCUT2D eigenvalue weighted by molar-refractivity contribution is 7.21. The molecule has 0 saturated heterocycles. The average molecular weight is 244 g/mol. The quantitative estimate of drug-likeness (QED) is 0.646. The lowest BCUT2D eigenvalue weighted by atomic mass is 10.2. The number of aromatic nitrogens is 2. The molecule has 3 aromatic rings. The normalized spacial score (nSPS) is 10.8. The van der Waals surface area contributed by atoms with Gasteiger partial charge in [-0.05, 0) is 24.3 Å². The molecular weight excluding hydrogens is 236 g/mol. The van der Waals surface area contributed by atoms with Crippen LogP contribution in [0.15, 0.2) is 36.5 Å². The number of phenols is 2. The minimum atomic E-state index is -0.147. The number of hydrogen-bond donors (Lipinski definition) is 2. The fourth-order valence-corrected chi connectivity index (χ4v) is 2.52. The maximum Gasteiger partial charge on any atom is 0.167 e. The Hall–Kier alpha value is -2.14. The standard InChI is InChI=1S/C12H8N2O2S/c15-9-5-1-3-7(10(9)16)11-14-8-4-2-6-13-12(8)17-11/h1-6,15-16H. The van der Waals surface area contributed by atoms with Gasteiger partial charge < -0.3 is 10.2 Å². The zero-order chi connectivity index (χ0) is 11.8. The van der Waals surface area contributed by atoms with E-state index in [0.717, 1.165) is 10.3 Å². The van der Waals surface area contributed by atoms with Gasteiger partial charge in [-0.25, -0.2) is 9.97 Å². The number of fused-ring (bicyclic) bond motifs is 1. The van der Waals surface area contributed by atoms with Crippen LogP contribution in [0, 0.1) is 0 Å². The Bertz CT molecular complexity index is 661. The fraction of sp³-hybridized carbons (Fsp3) is 0. The molecule has 2 N–H and O–H groups in total. The number of hydrogen-bond acceptors (Lipinski definition) is 5. The second-order valence-corrected chi connectivity index (χ2v) is 4.50. The van der Waals surface area contributed by atoms with E-state index in [0.29, 0.717) is 10.6 Å². The largest absolute Gasteiger partial charge is 0.504 e. The molecule has 0 unspecified atom stereocenters. The molecule has 5 heteroatoms. The van der Waals surface area contributed by atoms with Crippen LogP contribution in [-0.2, 0) is 0 Å². The van der Waals surface area contributed by atoms with Gasteiger partial charge in [-0.1, -0.05) is 17.4 Å². The van der Waals surface area contributed by atoms with Crippen molar-refractivity contribution < 1.29 is 10.2 Å². The topological polar surface area (TPSA) is 66.2 Å². The molecule has 0 bridgehead atoms. The number of rotatable bonds is 1. The molecule has 0 spiro atoms. The van der Waals surface area contributed by atoms with E-state index in [4.69, 9.17) is 0 Å². The van der Waals surface area contributed by atoms with E-state index in [2.05, 4.69) is 9.97 Å². The molecule has 4 nitrogen and oxygen atoms in total. The van der Waals surface area contributed by atoms with Crippen LogP contribution in [0.25, 0.3) is 20.9 Å². The van der Waals surface area contributed by atoms with E-state index in [1.165, 1.54) is 17.4 Å². The Morgan fingerprint density at radius 1 is 1.06 bits per heavy atom. The highest BCUT2D eigenvalue weighted by Gasteiger charge is 2.12. The minimum Gasteiger partial charge on any atom is -0.504 e. The van der Waals surface area contributed by atoms with Crippen molar-refractivity contribution in [2.75, 3.05) is 0 Å². The van der Waals surface area contributed by atoms with Crippen LogP contribution in [0.4, 0.5) is 0 Å². The summed E-state index contributed by atoms with van der Waals surface area (Å²) in [7, 11) is 0. The van der Waals surface area contributed by atoms with Crippen molar-refractivity contribution in [3.8, 4) is 22.1 Å². The third-order valence-electron chi connectivity index (χ3n) is 2.41. The Kier molecular flexibility index (Phi) is 2.19. The Labute approximate surface area is 101 Å². The molecule has 2 aromatic heterocycles. The summed E-state index contributed by atoms with van der Waals surface area (Å²) in [6, 6.07) is 8.50. The third kappa shape index (κ3) is 1.60. The monoisotopic (exact) mass is 244 g/mol. The molecular formula is C12H8N2O2S. The molecule has 0 aliphatic rings. The van der Waals surface area contributed by atoms with Crippen LogP contribution in [0.2, 0.25) is 0 Å². The molecule has 84 valence electrons. The zero-order valence-electron chi connectivity index (χ0n) is 8.66. The lowest BCUT2D eigenvalue weighted by Crippen LogP contribution is -1.78. The number of thiazole rings is 1. The molecule has 1 aromatic carbocycles. The minimum absolute atomic E-state index is 0.144. The second kappa shape index (κ2) is 3.71. The summed E-state index contributed by atoms with van der Waals surface area (Å²) >= 11 is 1.38.